The maximum Gasteiger partial charge on any atom is 0.255 e. The van der Waals surface area contributed by atoms with Gasteiger partial charge < -0.3 is 14.9 Å². The minimum absolute atomic E-state index is 0.0109. The molecule has 5 nitrogen and oxygen atoms in total. The Morgan fingerprint density at radius 1 is 1.48 bits per heavy atom. The van der Waals surface area contributed by atoms with E-state index >= 15 is 0 Å². The van der Waals surface area contributed by atoms with E-state index in [9.17, 15) is 9.90 Å². The molecule has 5 heteroatoms. The second kappa shape index (κ2) is 6.89. The topological polar surface area (TPSA) is 56.7 Å². The molecule has 0 aliphatic carbocycles. The Labute approximate surface area is 126 Å². The SMILES string of the molecule is CCN(CC)c1ccc(C(=O)N2CCC(C(C)O)C2)cn1. The molecule has 0 spiro atoms. The summed E-state index contributed by atoms with van der Waals surface area (Å²) in [5, 5.41) is 9.62. The van der Waals surface area contributed by atoms with Crippen LogP contribution in [0, 0.1) is 5.92 Å². The summed E-state index contributed by atoms with van der Waals surface area (Å²) in [5.41, 5.74) is 0.622. The van der Waals surface area contributed by atoms with E-state index < -0.39 is 0 Å². The van der Waals surface area contributed by atoms with Gasteiger partial charge in [-0.25, -0.2) is 4.98 Å². The molecular weight excluding hydrogens is 266 g/mol. The second-order valence-electron chi connectivity index (χ2n) is 5.62. The Hall–Kier alpha value is -1.62. The highest BCUT2D eigenvalue weighted by atomic mass is 16.3. The van der Waals surface area contributed by atoms with Crippen molar-refractivity contribution in [2.24, 2.45) is 5.92 Å². The van der Waals surface area contributed by atoms with Gasteiger partial charge in [-0.05, 0) is 39.3 Å². The van der Waals surface area contributed by atoms with Crippen molar-refractivity contribution in [3.05, 3.63) is 23.9 Å². The van der Waals surface area contributed by atoms with Crippen LogP contribution >= 0.6 is 0 Å². The fourth-order valence-electron chi connectivity index (χ4n) is 2.80. The van der Waals surface area contributed by atoms with Crippen LogP contribution in [0.25, 0.3) is 0 Å². The van der Waals surface area contributed by atoms with Crippen molar-refractivity contribution in [3.63, 3.8) is 0 Å². The zero-order valence-electron chi connectivity index (χ0n) is 13.1. The van der Waals surface area contributed by atoms with Gasteiger partial charge in [-0.2, -0.15) is 0 Å². The molecule has 2 heterocycles. The third kappa shape index (κ3) is 3.53. The molecule has 21 heavy (non-hydrogen) atoms. The quantitative estimate of drug-likeness (QED) is 0.898. The number of likely N-dealkylation sites (tertiary alicyclic amines) is 1. The number of amides is 1. The first kappa shape index (κ1) is 15.8. The number of hydrogen-bond acceptors (Lipinski definition) is 4. The first-order valence-electron chi connectivity index (χ1n) is 7.75. The third-order valence-electron chi connectivity index (χ3n) is 4.28. The van der Waals surface area contributed by atoms with E-state index in [0.29, 0.717) is 18.7 Å². The van der Waals surface area contributed by atoms with Gasteiger partial charge in [0.05, 0.1) is 11.7 Å². The van der Waals surface area contributed by atoms with Crippen molar-refractivity contribution in [2.45, 2.75) is 33.3 Å². The molecule has 1 fully saturated rings. The van der Waals surface area contributed by atoms with E-state index in [1.54, 1.807) is 13.1 Å². The Kier molecular flexibility index (Phi) is 5.17. The van der Waals surface area contributed by atoms with Crippen LogP contribution in [-0.4, -0.2) is 53.2 Å². The highest BCUT2D eigenvalue weighted by Gasteiger charge is 2.29. The van der Waals surface area contributed by atoms with E-state index in [-0.39, 0.29) is 17.9 Å². The zero-order chi connectivity index (χ0) is 15.4. The van der Waals surface area contributed by atoms with E-state index in [4.69, 9.17) is 0 Å². The smallest absolute Gasteiger partial charge is 0.255 e. The van der Waals surface area contributed by atoms with Crippen molar-refractivity contribution in [3.8, 4) is 0 Å². The number of nitrogens with zero attached hydrogens (tertiary/aromatic N) is 3. The van der Waals surface area contributed by atoms with Crippen LogP contribution in [0.1, 0.15) is 37.6 Å². The number of rotatable bonds is 5. The minimum Gasteiger partial charge on any atom is -0.393 e. The van der Waals surface area contributed by atoms with Crippen LogP contribution in [0.15, 0.2) is 18.3 Å². The fourth-order valence-corrected chi connectivity index (χ4v) is 2.80. The van der Waals surface area contributed by atoms with Gasteiger partial charge >= 0.3 is 0 Å². The summed E-state index contributed by atoms with van der Waals surface area (Å²) in [4.78, 5) is 20.8. The van der Waals surface area contributed by atoms with Crippen molar-refractivity contribution in [2.75, 3.05) is 31.1 Å². The van der Waals surface area contributed by atoms with Crippen molar-refractivity contribution >= 4 is 11.7 Å². The molecule has 0 saturated carbocycles. The van der Waals surface area contributed by atoms with Crippen LogP contribution < -0.4 is 4.90 Å². The summed E-state index contributed by atoms with van der Waals surface area (Å²) in [5.74, 6) is 1.11. The van der Waals surface area contributed by atoms with Gasteiger partial charge in [-0.3, -0.25) is 4.79 Å². The molecule has 2 atom stereocenters. The molecule has 1 aromatic heterocycles. The number of carbonyl (C=O) groups is 1. The zero-order valence-corrected chi connectivity index (χ0v) is 13.1. The number of aromatic nitrogens is 1. The third-order valence-corrected chi connectivity index (χ3v) is 4.28. The molecule has 1 aliphatic heterocycles. The summed E-state index contributed by atoms with van der Waals surface area (Å²) >= 11 is 0. The van der Waals surface area contributed by atoms with Crippen LogP contribution in [-0.2, 0) is 0 Å². The number of aliphatic hydroxyl groups excluding tert-OH is 1. The standard InChI is InChI=1S/C16H25N3O2/c1-4-18(5-2)15-7-6-13(10-17-15)16(21)19-9-8-14(11-19)12(3)20/h6-7,10,12,14,20H,4-5,8-9,11H2,1-3H3. The van der Waals surface area contributed by atoms with Gasteiger partial charge in [0.15, 0.2) is 0 Å². The van der Waals surface area contributed by atoms with Crippen LogP contribution in [0.4, 0.5) is 5.82 Å². The number of carbonyl (C=O) groups excluding carboxylic acids is 1. The number of anilines is 1. The number of hydrogen-bond donors (Lipinski definition) is 1. The van der Waals surface area contributed by atoms with Gasteiger partial charge in [0.25, 0.3) is 5.91 Å². The lowest BCUT2D eigenvalue weighted by atomic mass is 10.0. The maximum absolute atomic E-state index is 12.4. The van der Waals surface area contributed by atoms with Crippen molar-refractivity contribution < 1.29 is 9.90 Å². The van der Waals surface area contributed by atoms with Crippen LogP contribution in [0.3, 0.4) is 0 Å². The minimum atomic E-state index is -0.356. The molecule has 2 rings (SSSR count). The van der Waals surface area contributed by atoms with Gasteiger partial charge in [0.1, 0.15) is 5.82 Å². The van der Waals surface area contributed by atoms with Crippen molar-refractivity contribution in [1.82, 2.24) is 9.88 Å². The van der Waals surface area contributed by atoms with E-state index in [1.807, 2.05) is 17.0 Å². The van der Waals surface area contributed by atoms with Gasteiger partial charge in [-0.15, -0.1) is 0 Å². The summed E-state index contributed by atoms with van der Waals surface area (Å²) in [6, 6.07) is 3.75. The Morgan fingerprint density at radius 3 is 2.67 bits per heavy atom. The van der Waals surface area contributed by atoms with Crippen molar-refractivity contribution in [1.29, 1.82) is 0 Å². The molecule has 2 unspecified atom stereocenters. The lowest BCUT2D eigenvalue weighted by Gasteiger charge is -2.21. The lowest BCUT2D eigenvalue weighted by molar-refractivity contribution is 0.0762. The first-order chi connectivity index (χ1) is 10.1. The lowest BCUT2D eigenvalue weighted by Crippen LogP contribution is -2.30. The predicted octanol–water partition coefficient (Wildman–Crippen LogP) is 1.77. The average Bonchev–Trinajstić information content (AvgIpc) is 2.98. The summed E-state index contributed by atoms with van der Waals surface area (Å²) in [7, 11) is 0. The molecule has 0 aromatic carbocycles. The number of aliphatic hydroxyl groups is 1. The molecule has 0 bridgehead atoms. The fraction of sp³-hybridized carbons (Fsp3) is 0.625. The van der Waals surface area contributed by atoms with Gasteiger partial charge in [-0.1, -0.05) is 0 Å². The average molecular weight is 291 g/mol. The summed E-state index contributed by atoms with van der Waals surface area (Å²) in [6.07, 6.45) is 2.17. The van der Waals surface area contributed by atoms with Crippen LogP contribution in [0.5, 0.6) is 0 Å². The van der Waals surface area contributed by atoms with Gasteiger partial charge in [0, 0.05) is 38.3 Å². The van der Waals surface area contributed by atoms with Crippen LogP contribution in [0.2, 0.25) is 0 Å². The highest BCUT2D eigenvalue weighted by Crippen LogP contribution is 2.22. The second-order valence-corrected chi connectivity index (χ2v) is 5.62. The molecule has 1 saturated heterocycles. The summed E-state index contributed by atoms with van der Waals surface area (Å²) in [6.45, 7) is 9.12. The van der Waals surface area contributed by atoms with E-state index in [0.717, 1.165) is 25.3 Å². The molecule has 1 amide bonds. The molecule has 1 N–H and O–H groups in total. The van der Waals surface area contributed by atoms with E-state index in [2.05, 4.69) is 23.7 Å². The Morgan fingerprint density at radius 2 is 2.19 bits per heavy atom. The van der Waals surface area contributed by atoms with Gasteiger partial charge in [0.2, 0.25) is 0 Å². The highest BCUT2D eigenvalue weighted by molar-refractivity contribution is 5.94. The Bertz CT molecular complexity index is 469. The molecule has 1 aromatic rings. The molecule has 1 aliphatic rings. The predicted molar refractivity (Wildman–Crippen MR) is 83.5 cm³/mol. The molecular formula is C16H25N3O2. The largest absolute Gasteiger partial charge is 0.393 e. The van der Waals surface area contributed by atoms with E-state index in [1.165, 1.54) is 0 Å². The number of pyridine rings is 1. The Balaban J connectivity index is 2.04. The molecule has 116 valence electrons. The normalized spacial score (nSPS) is 19.6. The molecule has 0 radical (unpaired) electrons. The monoisotopic (exact) mass is 291 g/mol. The maximum atomic E-state index is 12.4. The summed E-state index contributed by atoms with van der Waals surface area (Å²) < 4.78 is 0. The first-order valence-corrected chi connectivity index (χ1v) is 7.75.